The first-order valence-corrected chi connectivity index (χ1v) is 11.5. The Kier molecular flexibility index (Phi) is 5.59. The van der Waals surface area contributed by atoms with Gasteiger partial charge in [-0.25, -0.2) is 10.4 Å². The molecule has 3 aliphatic heterocycles. The number of halogens is 1. The number of nitrogens with one attached hydrogen (secondary N) is 3. The second-order valence-corrected chi connectivity index (χ2v) is 9.43. The van der Waals surface area contributed by atoms with Crippen molar-refractivity contribution in [3.8, 4) is 6.07 Å². The molecule has 4 fully saturated rings. The maximum atomic E-state index is 12.8. The third-order valence-corrected chi connectivity index (χ3v) is 7.60. The molecule has 1 aliphatic carbocycles. The summed E-state index contributed by atoms with van der Waals surface area (Å²) in [5.41, 5.74) is 4.52. The van der Waals surface area contributed by atoms with Crippen molar-refractivity contribution >= 4 is 23.2 Å². The molecule has 3 heterocycles. The minimum absolute atomic E-state index is 0.0169. The molecule has 7 nitrogen and oxygen atoms in total. The second-order valence-electron chi connectivity index (χ2n) is 9.00. The van der Waals surface area contributed by atoms with Crippen LogP contribution < -0.4 is 16.1 Å². The molecule has 1 saturated carbocycles. The Hall–Kier alpha value is -1.85. The van der Waals surface area contributed by atoms with E-state index in [2.05, 4.69) is 32.0 Å². The summed E-state index contributed by atoms with van der Waals surface area (Å²) in [4.78, 5) is 15.3. The standard InChI is InChI=1S/C22H29ClN6O/c23-15-2-4-16(5-3-15)26-21-20-19(8-9-25-22(20)30)29(27-21)18-7-6-17(12-14(18)13-24)28-10-1-11-28/h2-5,14,17-21,26-27H,1,6-12H2,(H,25,30)/t14-,17-,18+,19?,20?,21?/m1/s1. The summed E-state index contributed by atoms with van der Waals surface area (Å²) in [6.07, 6.45) is 5.01. The molecule has 3 unspecified atom stereocenters. The minimum Gasteiger partial charge on any atom is -0.368 e. The number of hydrogen-bond donors (Lipinski definition) is 3. The number of likely N-dealkylation sites (tertiary alicyclic amines) is 1. The number of fused-ring (bicyclic) bond motifs is 1. The fourth-order valence-electron chi connectivity index (χ4n) is 5.67. The van der Waals surface area contributed by atoms with E-state index in [0.717, 1.165) is 31.4 Å². The van der Waals surface area contributed by atoms with E-state index in [4.69, 9.17) is 11.6 Å². The van der Waals surface area contributed by atoms with Gasteiger partial charge in [0.2, 0.25) is 5.91 Å². The van der Waals surface area contributed by atoms with Crippen LogP contribution in [0.25, 0.3) is 0 Å². The molecule has 0 radical (unpaired) electrons. The number of nitrogens with zero attached hydrogens (tertiary/aromatic N) is 3. The smallest absolute Gasteiger partial charge is 0.228 e. The van der Waals surface area contributed by atoms with Crippen LogP contribution in [0.4, 0.5) is 5.69 Å². The molecule has 1 aromatic carbocycles. The largest absolute Gasteiger partial charge is 0.368 e. The molecular weight excluding hydrogens is 400 g/mol. The van der Waals surface area contributed by atoms with Gasteiger partial charge in [0.15, 0.2) is 0 Å². The number of benzene rings is 1. The van der Waals surface area contributed by atoms with Crippen molar-refractivity contribution in [2.75, 3.05) is 25.0 Å². The summed E-state index contributed by atoms with van der Waals surface area (Å²) in [5.74, 6) is -0.130. The number of piperidine rings is 1. The molecule has 30 heavy (non-hydrogen) atoms. The third-order valence-electron chi connectivity index (χ3n) is 7.34. The average Bonchev–Trinajstić information content (AvgIpc) is 3.08. The first-order valence-electron chi connectivity index (χ1n) is 11.1. The van der Waals surface area contributed by atoms with Crippen LogP contribution in [0.3, 0.4) is 0 Å². The van der Waals surface area contributed by atoms with Gasteiger partial charge in [-0.2, -0.15) is 5.26 Å². The zero-order valence-electron chi connectivity index (χ0n) is 17.1. The van der Waals surface area contributed by atoms with Crippen LogP contribution in [0, 0.1) is 23.2 Å². The number of carbonyl (C=O) groups excluding carboxylic acids is 1. The van der Waals surface area contributed by atoms with Crippen LogP contribution in [0.1, 0.15) is 32.1 Å². The summed E-state index contributed by atoms with van der Waals surface area (Å²) >= 11 is 6.02. The molecule has 0 spiro atoms. The molecule has 3 N–H and O–H groups in total. The minimum atomic E-state index is -0.205. The Morgan fingerprint density at radius 3 is 2.63 bits per heavy atom. The van der Waals surface area contributed by atoms with Crippen molar-refractivity contribution in [2.45, 2.75) is 56.4 Å². The van der Waals surface area contributed by atoms with Gasteiger partial charge in [0, 0.05) is 35.4 Å². The van der Waals surface area contributed by atoms with E-state index >= 15 is 0 Å². The van der Waals surface area contributed by atoms with Crippen molar-refractivity contribution in [1.82, 2.24) is 20.7 Å². The van der Waals surface area contributed by atoms with Gasteiger partial charge in [-0.15, -0.1) is 0 Å². The van der Waals surface area contributed by atoms with Crippen molar-refractivity contribution in [1.29, 1.82) is 5.26 Å². The highest BCUT2D eigenvalue weighted by atomic mass is 35.5. The Bertz CT molecular complexity index is 822. The van der Waals surface area contributed by atoms with Crippen molar-refractivity contribution < 1.29 is 4.79 Å². The zero-order valence-corrected chi connectivity index (χ0v) is 17.8. The lowest BCUT2D eigenvalue weighted by atomic mass is 9.79. The van der Waals surface area contributed by atoms with Crippen LogP contribution >= 0.6 is 11.6 Å². The normalized spacial score (nSPS) is 37.0. The number of hydrogen-bond acceptors (Lipinski definition) is 6. The lowest BCUT2D eigenvalue weighted by molar-refractivity contribution is -0.128. The first kappa shape index (κ1) is 20.1. The summed E-state index contributed by atoms with van der Waals surface area (Å²) in [7, 11) is 0. The summed E-state index contributed by atoms with van der Waals surface area (Å²) in [5, 5.41) is 19.4. The van der Waals surface area contributed by atoms with E-state index in [-0.39, 0.29) is 36.0 Å². The van der Waals surface area contributed by atoms with Gasteiger partial charge >= 0.3 is 0 Å². The van der Waals surface area contributed by atoms with Gasteiger partial charge in [0.05, 0.1) is 17.9 Å². The van der Waals surface area contributed by atoms with E-state index in [1.54, 1.807) is 0 Å². The van der Waals surface area contributed by atoms with E-state index in [1.807, 2.05) is 24.3 Å². The molecule has 0 bridgehead atoms. The van der Waals surface area contributed by atoms with Crippen molar-refractivity contribution in [2.24, 2.45) is 11.8 Å². The summed E-state index contributed by atoms with van der Waals surface area (Å²) in [6, 6.07) is 10.9. The van der Waals surface area contributed by atoms with Crippen LogP contribution in [0.15, 0.2) is 24.3 Å². The van der Waals surface area contributed by atoms with Gasteiger partial charge < -0.3 is 15.5 Å². The number of anilines is 1. The number of nitriles is 1. The summed E-state index contributed by atoms with van der Waals surface area (Å²) in [6.45, 7) is 3.03. The average molecular weight is 429 g/mol. The second kappa shape index (κ2) is 8.35. The number of hydrazine groups is 1. The molecular formula is C22H29ClN6O. The number of carbonyl (C=O) groups is 1. The lowest BCUT2D eigenvalue weighted by Crippen LogP contribution is -2.57. The Morgan fingerprint density at radius 2 is 1.93 bits per heavy atom. The van der Waals surface area contributed by atoms with Gasteiger partial charge in [-0.3, -0.25) is 4.79 Å². The van der Waals surface area contributed by atoms with Crippen molar-refractivity contribution in [3.05, 3.63) is 29.3 Å². The predicted octanol–water partition coefficient (Wildman–Crippen LogP) is 2.17. The van der Waals surface area contributed by atoms with E-state index < -0.39 is 0 Å². The molecule has 0 aromatic heterocycles. The number of amides is 1. The quantitative estimate of drug-likeness (QED) is 0.681. The topological polar surface area (TPSA) is 83.4 Å². The fourth-order valence-corrected chi connectivity index (χ4v) is 5.79. The molecule has 5 rings (SSSR count). The lowest BCUT2D eigenvalue weighted by Gasteiger charge is -2.46. The molecule has 8 heteroatoms. The fraction of sp³-hybridized carbons (Fsp3) is 0.636. The maximum absolute atomic E-state index is 12.8. The molecule has 3 saturated heterocycles. The highest BCUT2D eigenvalue weighted by molar-refractivity contribution is 6.30. The Labute approximate surface area is 182 Å². The first-order chi connectivity index (χ1) is 14.6. The number of rotatable bonds is 4. The Morgan fingerprint density at radius 1 is 1.13 bits per heavy atom. The van der Waals surface area contributed by atoms with E-state index in [0.29, 0.717) is 17.6 Å². The molecule has 6 atom stereocenters. The van der Waals surface area contributed by atoms with Crippen LogP contribution in [-0.4, -0.2) is 59.7 Å². The molecule has 4 aliphatic rings. The summed E-state index contributed by atoms with van der Waals surface area (Å²) < 4.78 is 0. The Balaban J connectivity index is 1.34. The van der Waals surface area contributed by atoms with E-state index in [9.17, 15) is 10.1 Å². The monoisotopic (exact) mass is 428 g/mol. The molecule has 1 aromatic rings. The molecule has 1 amide bonds. The van der Waals surface area contributed by atoms with Gasteiger partial charge in [0.1, 0.15) is 6.17 Å². The van der Waals surface area contributed by atoms with Crippen LogP contribution in [0.2, 0.25) is 5.02 Å². The molecule has 160 valence electrons. The van der Waals surface area contributed by atoms with Crippen LogP contribution in [0.5, 0.6) is 0 Å². The van der Waals surface area contributed by atoms with Gasteiger partial charge in [-0.05, 0) is 69.5 Å². The van der Waals surface area contributed by atoms with Gasteiger partial charge in [-0.1, -0.05) is 11.6 Å². The predicted molar refractivity (Wildman–Crippen MR) is 115 cm³/mol. The van der Waals surface area contributed by atoms with Crippen LogP contribution in [-0.2, 0) is 4.79 Å². The SMILES string of the molecule is N#C[C@H]1C[C@H](N2CCC2)CC[C@@H]1N1NC(Nc2ccc(Cl)cc2)C2C(=O)NCCC21. The third kappa shape index (κ3) is 3.67. The highest BCUT2D eigenvalue weighted by Gasteiger charge is 2.51. The van der Waals surface area contributed by atoms with Crippen molar-refractivity contribution in [3.63, 3.8) is 0 Å². The van der Waals surface area contributed by atoms with E-state index in [1.165, 1.54) is 19.5 Å². The van der Waals surface area contributed by atoms with Gasteiger partial charge in [0.25, 0.3) is 0 Å². The zero-order chi connectivity index (χ0) is 20.7. The maximum Gasteiger partial charge on any atom is 0.228 e. The highest BCUT2D eigenvalue weighted by Crippen LogP contribution is 2.38.